The van der Waals surface area contributed by atoms with E-state index >= 15 is 0 Å². The van der Waals surface area contributed by atoms with Gasteiger partial charge in [-0.15, -0.1) is 0 Å². The van der Waals surface area contributed by atoms with Gasteiger partial charge in [0.25, 0.3) is 0 Å². The number of rotatable bonds is 74. The normalized spacial score (nSPS) is 14.6. The van der Waals surface area contributed by atoms with Gasteiger partial charge in [0.15, 0.2) is 12.2 Å². The lowest BCUT2D eigenvalue weighted by Gasteiger charge is -2.21. The molecule has 17 nitrogen and oxygen atoms in total. The molecule has 564 valence electrons. The summed E-state index contributed by atoms with van der Waals surface area (Å²) in [6.07, 6.45) is 52.7. The smallest absolute Gasteiger partial charge is 0.462 e. The van der Waals surface area contributed by atoms with Crippen LogP contribution in [0.4, 0.5) is 0 Å². The van der Waals surface area contributed by atoms with E-state index < -0.39 is 97.5 Å². The molecule has 0 amide bonds. The average Bonchev–Trinajstić information content (AvgIpc) is 1.20. The number of aliphatic hydroxyl groups is 1. The van der Waals surface area contributed by atoms with Crippen molar-refractivity contribution < 1.29 is 80.2 Å². The third-order valence-electron chi connectivity index (χ3n) is 18.4. The number of phosphoric acid groups is 2. The van der Waals surface area contributed by atoms with E-state index in [4.69, 9.17) is 37.0 Å². The third kappa shape index (κ3) is 67.6. The molecule has 0 heterocycles. The van der Waals surface area contributed by atoms with E-state index in [1.807, 2.05) is 0 Å². The van der Waals surface area contributed by atoms with Gasteiger partial charge in [-0.1, -0.05) is 337 Å². The molecule has 0 aliphatic rings. The molecule has 0 aromatic rings. The van der Waals surface area contributed by atoms with Crippen molar-refractivity contribution in [3.05, 3.63) is 0 Å². The van der Waals surface area contributed by atoms with Gasteiger partial charge in [0.05, 0.1) is 26.4 Å². The Morgan fingerprint density at radius 2 is 0.537 bits per heavy atom. The Morgan fingerprint density at radius 1 is 0.305 bits per heavy atom. The summed E-state index contributed by atoms with van der Waals surface area (Å²) in [5, 5.41) is 10.6. The Kier molecular flexibility index (Phi) is 65.2. The fourth-order valence-electron chi connectivity index (χ4n) is 11.5. The molecular formula is C76H148O17P2. The molecule has 3 N–H and O–H groups in total. The molecule has 0 saturated heterocycles. The highest BCUT2D eigenvalue weighted by Gasteiger charge is 2.30. The fraction of sp³-hybridized carbons (Fsp3) is 0.947. The van der Waals surface area contributed by atoms with E-state index in [-0.39, 0.29) is 25.7 Å². The largest absolute Gasteiger partial charge is 0.472 e. The number of carbonyl (C=O) groups excluding carboxylic acids is 4. The van der Waals surface area contributed by atoms with Crippen LogP contribution >= 0.6 is 15.6 Å². The minimum Gasteiger partial charge on any atom is -0.462 e. The Labute approximate surface area is 581 Å². The van der Waals surface area contributed by atoms with Crippen molar-refractivity contribution in [1.29, 1.82) is 0 Å². The molecule has 0 rings (SSSR count). The van der Waals surface area contributed by atoms with Gasteiger partial charge in [0, 0.05) is 25.7 Å². The lowest BCUT2D eigenvalue weighted by Crippen LogP contribution is -2.30. The number of carbonyl (C=O) groups is 4. The first kappa shape index (κ1) is 93.1. The van der Waals surface area contributed by atoms with Crippen LogP contribution in [0.1, 0.15) is 389 Å². The zero-order valence-corrected chi connectivity index (χ0v) is 63.9. The number of ether oxygens (including phenoxy) is 4. The number of aliphatic hydroxyl groups excluding tert-OH is 1. The van der Waals surface area contributed by atoms with Crippen molar-refractivity contribution in [2.24, 2.45) is 17.8 Å². The number of hydrogen-bond donors (Lipinski definition) is 3. The molecule has 4 unspecified atom stereocenters. The van der Waals surface area contributed by atoms with E-state index in [0.717, 1.165) is 108 Å². The van der Waals surface area contributed by atoms with Crippen molar-refractivity contribution in [3.63, 3.8) is 0 Å². The number of esters is 4. The summed E-state index contributed by atoms with van der Waals surface area (Å²) >= 11 is 0. The number of hydrogen-bond acceptors (Lipinski definition) is 15. The summed E-state index contributed by atoms with van der Waals surface area (Å²) in [4.78, 5) is 72.8. The molecule has 0 aromatic heterocycles. The van der Waals surface area contributed by atoms with Crippen LogP contribution in [0.15, 0.2) is 0 Å². The maximum atomic E-state index is 13.1. The highest BCUT2D eigenvalue weighted by atomic mass is 31.2. The molecule has 0 radical (unpaired) electrons. The minimum atomic E-state index is -4.96. The van der Waals surface area contributed by atoms with Gasteiger partial charge in [0.1, 0.15) is 19.3 Å². The summed E-state index contributed by atoms with van der Waals surface area (Å²) in [6, 6.07) is 0. The second-order valence-electron chi connectivity index (χ2n) is 28.4. The highest BCUT2D eigenvalue weighted by molar-refractivity contribution is 7.47. The van der Waals surface area contributed by atoms with Gasteiger partial charge < -0.3 is 33.8 Å². The van der Waals surface area contributed by atoms with Gasteiger partial charge >= 0.3 is 39.5 Å². The number of unbranched alkanes of at least 4 members (excludes halogenated alkanes) is 40. The van der Waals surface area contributed by atoms with Gasteiger partial charge in [0.2, 0.25) is 0 Å². The second kappa shape index (κ2) is 66.6. The Balaban J connectivity index is 5.24. The Morgan fingerprint density at radius 3 is 0.800 bits per heavy atom. The predicted molar refractivity (Wildman–Crippen MR) is 386 cm³/mol. The van der Waals surface area contributed by atoms with E-state index in [9.17, 15) is 43.2 Å². The van der Waals surface area contributed by atoms with E-state index in [1.165, 1.54) is 193 Å². The van der Waals surface area contributed by atoms with Gasteiger partial charge in [-0.3, -0.25) is 37.3 Å². The van der Waals surface area contributed by atoms with Gasteiger partial charge in [-0.2, -0.15) is 0 Å². The van der Waals surface area contributed by atoms with E-state index in [0.29, 0.717) is 31.6 Å². The molecule has 95 heavy (non-hydrogen) atoms. The van der Waals surface area contributed by atoms with Crippen molar-refractivity contribution in [2.75, 3.05) is 39.6 Å². The maximum Gasteiger partial charge on any atom is 0.472 e. The topological polar surface area (TPSA) is 237 Å². The van der Waals surface area contributed by atoms with Crippen LogP contribution in [-0.4, -0.2) is 96.7 Å². The quantitative estimate of drug-likeness (QED) is 0.0222. The van der Waals surface area contributed by atoms with Crippen LogP contribution in [0.5, 0.6) is 0 Å². The zero-order valence-electron chi connectivity index (χ0n) is 62.1. The van der Waals surface area contributed by atoms with Crippen molar-refractivity contribution in [3.8, 4) is 0 Å². The maximum absolute atomic E-state index is 13.1. The second-order valence-corrected chi connectivity index (χ2v) is 31.3. The van der Waals surface area contributed by atoms with Crippen LogP contribution in [0.2, 0.25) is 0 Å². The van der Waals surface area contributed by atoms with Crippen LogP contribution in [0, 0.1) is 17.8 Å². The SMILES string of the molecule is CCCCCCCCCCCCCCCCCCCCC(=O)O[C@H](COC(=O)CCCCCCCCCCCCC(C)CC)COP(=O)(O)OC[C@@H](O)COP(=O)(O)OC[C@@H](COC(=O)CCCCCCCCC(C)C)OC(=O)CCCCCCCCCCCCC(C)CC. The van der Waals surface area contributed by atoms with E-state index in [1.54, 1.807) is 0 Å². The third-order valence-corrected chi connectivity index (χ3v) is 20.3. The van der Waals surface area contributed by atoms with Crippen molar-refractivity contribution >= 4 is 39.5 Å². The number of phosphoric ester groups is 2. The standard InChI is InChI=1S/C76H148O17P2/c1-8-11-12-13-14-15-16-17-18-19-20-21-22-23-31-36-45-52-59-75(80)92-71(63-86-73(78)57-50-43-35-30-26-24-28-33-41-48-55-68(6)9-2)65-90-94(82,83)88-61-70(77)62-89-95(84,85)91-66-72(64-87-74(79)58-51-44-39-38-40-47-54-67(4)5)93-76(81)60-53-46-37-32-27-25-29-34-42-49-56-69(7)10-3/h67-72,77H,8-66H2,1-7H3,(H,82,83)(H,84,85)/t68?,69?,70-,71-,72-/m1/s1. The predicted octanol–water partition coefficient (Wildman–Crippen LogP) is 22.2. The minimum absolute atomic E-state index is 0.105. The van der Waals surface area contributed by atoms with Crippen LogP contribution < -0.4 is 0 Å². The van der Waals surface area contributed by atoms with Crippen LogP contribution in [0.3, 0.4) is 0 Å². The fourth-order valence-corrected chi connectivity index (χ4v) is 13.1. The summed E-state index contributed by atoms with van der Waals surface area (Å²) < 4.78 is 68.5. The molecule has 0 fully saturated rings. The summed E-state index contributed by atoms with van der Waals surface area (Å²) in [7, 11) is -9.91. The first-order chi connectivity index (χ1) is 45.8. The molecule has 19 heteroatoms. The highest BCUT2D eigenvalue weighted by Crippen LogP contribution is 2.45. The summed E-state index contributed by atoms with van der Waals surface area (Å²) in [6.45, 7) is 11.9. The lowest BCUT2D eigenvalue weighted by molar-refractivity contribution is -0.161. The van der Waals surface area contributed by atoms with Crippen LogP contribution in [0.25, 0.3) is 0 Å². The van der Waals surface area contributed by atoms with E-state index in [2.05, 4.69) is 48.5 Å². The molecule has 0 spiro atoms. The molecule has 0 aromatic carbocycles. The van der Waals surface area contributed by atoms with Gasteiger partial charge in [-0.05, 0) is 43.4 Å². The molecule has 0 bridgehead atoms. The Hall–Kier alpha value is -1.94. The molecular weight excluding hydrogens is 1250 g/mol. The van der Waals surface area contributed by atoms with Gasteiger partial charge in [-0.25, -0.2) is 9.13 Å². The molecule has 0 saturated carbocycles. The lowest BCUT2D eigenvalue weighted by atomic mass is 9.99. The van der Waals surface area contributed by atoms with Crippen molar-refractivity contribution in [1.82, 2.24) is 0 Å². The van der Waals surface area contributed by atoms with Crippen molar-refractivity contribution in [2.45, 2.75) is 407 Å². The Bertz CT molecular complexity index is 1860. The average molecular weight is 1400 g/mol. The van der Waals surface area contributed by atoms with Crippen LogP contribution in [-0.2, 0) is 65.4 Å². The molecule has 7 atom stereocenters. The summed E-state index contributed by atoms with van der Waals surface area (Å²) in [5.74, 6) is 0.172. The summed E-state index contributed by atoms with van der Waals surface area (Å²) in [5.41, 5.74) is 0. The molecule has 0 aliphatic heterocycles. The first-order valence-corrected chi connectivity index (χ1v) is 42.4. The first-order valence-electron chi connectivity index (χ1n) is 39.4. The monoisotopic (exact) mass is 1400 g/mol. The zero-order chi connectivity index (χ0) is 70.1. The molecule has 0 aliphatic carbocycles.